The van der Waals surface area contributed by atoms with Crippen LogP contribution in [0, 0.1) is 5.82 Å². The maximum absolute atomic E-state index is 13.1. The third-order valence-electron chi connectivity index (χ3n) is 5.87. The fourth-order valence-corrected chi connectivity index (χ4v) is 4.11. The van der Waals surface area contributed by atoms with Crippen molar-refractivity contribution in [2.45, 2.75) is 26.3 Å². The third-order valence-corrected chi connectivity index (χ3v) is 5.87. The molecule has 0 unspecified atom stereocenters. The van der Waals surface area contributed by atoms with E-state index in [4.69, 9.17) is 0 Å². The van der Waals surface area contributed by atoms with Gasteiger partial charge in [0.1, 0.15) is 5.82 Å². The number of piperazine rings is 1. The summed E-state index contributed by atoms with van der Waals surface area (Å²) in [5.74, 6) is 0.0707. The van der Waals surface area contributed by atoms with Crippen LogP contribution in [0.3, 0.4) is 0 Å². The van der Waals surface area contributed by atoms with Crippen LogP contribution in [-0.2, 0) is 17.8 Å². The van der Waals surface area contributed by atoms with Crippen molar-refractivity contribution in [3.63, 3.8) is 0 Å². The van der Waals surface area contributed by atoms with Gasteiger partial charge in [-0.25, -0.2) is 4.39 Å². The third kappa shape index (κ3) is 4.51. The Bertz CT molecular complexity index is 971. The number of rotatable bonds is 7. The molecule has 1 aliphatic rings. The van der Waals surface area contributed by atoms with Gasteiger partial charge >= 0.3 is 0 Å². The first kappa shape index (κ1) is 19.6. The number of hydrogen-bond acceptors (Lipinski definition) is 3. The Kier molecular flexibility index (Phi) is 5.95. The highest BCUT2D eigenvalue weighted by Gasteiger charge is 2.18. The summed E-state index contributed by atoms with van der Waals surface area (Å²) in [4.78, 5) is 16.8. The van der Waals surface area contributed by atoms with Crippen LogP contribution in [0.4, 0.5) is 10.1 Å². The van der Waals surface area contributed by atoms with E-state index in [1.807, 2.05) is 25.1 Å². The molecule has 0 amide bonds. The van der Waals surface area contributed by atoms with Crippen LogP contribution >= 0.6 is 0 Å². The second-order valence-electron chi connectivity index (χ2n) is 7.75. The number of aromatic nitrogens is 1. The molecule has 29 heavy (non-hydrogen) atoms. The van der Waals surface area contributed by atoms with Gasteiger partial charge in [-0.15, -0.1) is 0 Å². The Balaban J connectivity index is 1.38. The lowest BCUT2D eigenvalue weighted by Crippen LogP contribution is -2.47. The van der Waals surface area contributed by atoms with Crippen molar-refractivity contribution in [2.75, 3.05) is 37.6 Å². The summed E-state index contributed by atoms with van der Waals surface area (Å²) in [5.41, 5.74) is 3.55. The Morgan fingerprint density at radius 3 is 2.45 bits per heavy atom. The lowest BCUT2D eigenvalue weighted by molar-refractivity contribution is -0.119. The van der Waals surface area contributed by atoms with Gasteiger partial charge in [-0.3, -0.25) is 9.69 Å². The quantitative estimate of drug-likeness (QED) is 0.604. The van der Waals surface area contributed by atoms with Gasteiger partial charge in [-0.2, -0.15) is 0 Å². The van der Waals surface area contributed by atoms with E-state index < -0.39 is 0 Å². The van der Waals surface area contributed by atoms with Gasteiger partial charge < -0.3 is 9.47 Å². The van der Waals surface area contributed by atoms with Gasteiger partial charge in [0.05, 0.1) is 6.54 Å². The van der Waals surface area contributed by atoms with Crippen LogP contribution in [0.25, 0.3) is 10.9 Å². The van der Waals surface area contributed by atoms with Crippen LogP contribution < -0.4 is 4.90 Å². The van der Waals surface area contributed by atoms with Gasteiger partial charge in [0.2, 0.25) is 0 Å². The summed E-state index contributed by atoms with van der Waals surface area (Å²) in [5, 5.41) is 1.25. The van der Waals surface area contributed by atoms with E-state index in [-0.39, 0.29) is 11.6 Å². The predicted octanol–water partition coefficient (Wildman–Crippen LogP) is 4.12. The van der Waals surface area contributed by atoms with E-state index in [0.717, 1.165) is 50.3 Å². The van der Waals surface area contributed by atoms with Crippen molar-refractivity contribution in [1.29, 1.82) is 0 Å². The van der Waals surface area contributed by atoms with Gasteiger partial charge in [0.25, 0.3) is 0 Å². The topological polar surface area (TPSA) is 28.5 Å². The van der Waals surface area contributed by atoms with E-state index in [1.165, 1.54) is 23.1 Å². The largest absolute Gasteiger partial charge is 0.369 e. The van der Waals surface area contributed by atoms with E-state index in [1.54, 1.807) is 0 Å². The first-order valence-electron chi connectivity index (χ1n) is 10.5. The number of fused-ring (bicyclic) bond motifs is 1. The molecule has 1 aliphatic heterocycles. The lowest BCUT2D eigenvalue weighted by atomic mass is 10.1. The molecule has 0 saturated carbocycles. The molecule has 1 aromatic heterocycles. The summed E-state index contributed by atoms with van der Waals surface area (Å²) in [6, 6.07) is 15.1. The highest BCUT2D eigenvalue weighted by Crippen LogP contribution is 2.23. The van der Waals surface area contributed by atoms with Crippen molar-refractivity contribution in [3.8, 4) is 0 Å². The summed E-state index contributed by atoms with van der Waals surface area (Å²) in [7, 11) is 0. The van der Waals surface area contributed by atoms with Crippen molar-refractivity contribution < 1.29 is 9.18 Å². The van der Waals surface area contributed by atoms with Gasteiger partial charge in [-0.1, -0.05) is 25.1 Å². The zero-order valence-electron chi connectivity index (χ0n) is 17.0. The summed E-state index contributed by atoms with van der Waals surface area (Å²) in [6.45, 7) is 7.30. The molecule has 0 radical (unpaired) electrons. The number of hydrogen-bond donors (Lipinski definition) is 0. The molecule has 2 heterocycles. The minimum absolute atomic E-state index is 0.188. The Hall–Kier alpha value is -2.66. The fraction of sp³-hybridized carbons (Fsp3) is 0.375. The van der Waals surface area contributed by atoms with E-state index in [9.17, 15) is 9.18 Å². The highest BCUT2D eigenvalue weighted by atomic mass is 19.1. The molecule has 0 N–H and O–H groups in total. The Morgan fingerprint density at radius 2 is 1.72 bits per heavy atom. The average molecular weight is 394 g/mol. The first-order valence-corrected chi connectivity index (χ1v) is 10.5. The maximum atomic E-state index is 13.1. The number of carbonyl (C=O) groups excluding carboxylic acids is 1. The highest BCUT2D eigenvalue weighted by molar-refractivity contribution is 5.86. The molecule has 4 nitrogen and oxygen atoms in total. The molecule has 5 heteroatoms. The fourth-order valence-electron chi connectivity index (χ4n) is 4.11. The Morgan fingerprint density at radius 1 is 1.00 bits per heavy atom. The number of halogens is 1. The number of anilines is 1. The zero-order valence-corrected chi connectivity index (χ0v) is 17.0. The molecule has 0 atom stereocenters. The standard InChI is InChI=1S/C24H28FN3O/c1-2-22(29)18-28-17-19(23-5-3-4-6-24(23)28)11-12-26-13-15-27(16-14-26)21-9-7-20(25)8-10-21/h3-10,17H,2,11-16,18H2,1H3. The van der Waals surface area contributed by atoms with E-state index in [0.29, 0.717) is 13.0 Å². The molecule has 0 spiro atoms. The van der Waals surface area contributed by atoms with Gasteiger partial charge in [0.15, 0.2) is 5.78 Å². The van der Waals surface area contributed by atoms with E-state index >= 15 is 0 Å². The lowest BCUT2D eigenvalue weighted by Gasteiger charge is -2.36. The van der Waals surface area contributed by atoms with Crippen molar-refractivity contribution in [1.82, 2.24) is 9.47 Å². The van der Waals surface area contributed by atoms with E-state index in [2.05, 4.69) is 38.8 Å². The first-order chi connectivity index (χ1) is 14.1. The van der Waals surface area contributed by atoms with Crippen molar-refractivity contribution in [3.05, 3.63) is 66.1 Å². The summed E-state index contributed by atoms with van der Waals surface area (Å²) < 4.78 is 15.2. The molecule has 0 bridgehead atoms. The monoisotopic (exact) mass is 393 g/mol. The molecular formula is C24H28FN3O. The van der Waals surface area contributed by atoms with Crippen LogP contribution in [0.15, 0.2) is 54.7 Å². The smallest absolute Gasteiger partial charge is 0.152 e. The molecule has 0 aliphatic carbocycles. The normalized spacial score (nSPS) is 15.2. The number of carbonyl (C=O) groups is 1. The molecule has 1 fully saturated rings. The molecular weight excluding hydrogens is 365 g/mol. The zero-order chi connectivity index (χ0) is 20.2. The number of para-hydroxylation sites is 1. The maximum Gasteiger partial charge on any atom is 0.152 e. The van der Waals surface area contributed by atoms with Gasteiger partial charge in [0, 0.05) is 61.9 Å². The van der Waals surface area contributed by atoms with Crippen LogP contribution in [0.2, 0.25) is 0 Å². The number of Topliss-reactive ketones (excluding diaryl/α,β-unsaturated/α-hetero) is 1. The molecule has 3 aromatic rings. The SMILES string of the molecule is CCC(=O)Cn1cc(CCN2CCN(c3ccc(F)cc3)CC2)c2ccccc21. The van der Waals surface area contributed by atoms with Crippen LogP contribution in [0.1, 0.15) is 18.9 Å². The Labute approximate surface area is 171 Å². The second-order valence-corrected chi connectivity index (χ2v) is 7.75. The minimum Gasteiger partial charge on any atom is -0.369 e. The number of ketones is 1. The van der Waals surface area contributed by atoms with Gasteiger partial charge in [-0.05, 0) is 42.3 Å². The summed E-state index contributed by atoms with van der Waals surface area (Å²) >= 11 is 0. The summed E-state index contributed by atoms with van der Waals surface area (Å²) in [6.07, 6.45) is 3.71. The predicted molar refractivity (Wildman–Crippen MR) is 116 cm³/mol. The van der Waals surface area contributed by atoms with Crippen molar-refractivity contribution in [2.24, 2.45) is 0 Å². The molecule has 2 aromatic carbocycles. The second kappa shape index (κ2) is 8.78. The molecule has 4 rings (SSSR count). The van der Waals surface area contributed by atoms with Crippen LogP contribution in [-0.4, -0.2) is 48.0 Å². The van der Waals surface area contributed by atoms with Crippen LogP contribution in [0.5, 0.6) is 0 Å². The number of benzene rings is 2. The average Bonchev–Trinajstić information content (AvgIpc) is 3.10. The minimum atomic E-state index is -0.188. The molecule has 152 valence electrons. The van der Waals surface area contributed by atoms with Crippen molar-refractivity contribution >= 4 is 22.4 Å². The molecule has 1 saturated heterocycles. The number of nitrogens with zero attached hydrogens (tertiary/aromatic N) is 3.